The summed E-state index contributed by atoms with van der Waals surface area (Å²) in [6.07, 6.45) is 5.26. The van der Waals surface area contributed by atoms with Gasteiger partial charge in [-0.3, -0.25) is 4.99 Å². The zero-order chi connectivity index (χ0) is 11.9. The number of hydrogen-bond donors (Lipinski definition) is 1. The zero-order valence-corrected chi connectivity index (χ0v) is 10.6. The second-order valence-electron chi connectivity index (χ2n) is 3.86. The highest BCUT2D eigenvalue weighted by Gasteiger charge is 2.09. The molecule has 2 nitrogen and oxygen atoms in total. The van der Waals surface area contributed by atoms with Crippen molar-refractivity contribution in [1.29, 1.82) is 0 Å². The molecule has 0 bridgehead atoms. The fourth-order valence-electron chi connectivity index (χ4n) is 1.87. The summed E-state index contributed by atoms with van der Waals surface area (Å²) >= 11 is 1.75. The van der Waals surface area contributed by atoms with E-state index in [4.69, 9.17) is 5.11 Å². The monoisotopic (exact) mass is 247 g/mol. The highest BCUT2D eigenvalue weighted by Crippen LogP contribution is 2.19. The van der Waals surface area contributed by atoms with Gasteiger partial charge in [0.2, 0.25) is 0 Å². The van der Waals surface area contributed by atoms with Gasteiger partial charge < -0.3 is 5.11 Å². The van der Waals surface area contributed by atoms with Gasteiger partial charge in [0.25, 0.3) is 0 Å². The number of aliphatic hydroxyl groups is 1. The van der Waals surface area contributed by atoms with Gasteiger partial charge in [-0.05, 0) is 5.56 Å². The highest BCUT2D eigenvalue weighted by atomic mass is 32.2. The van der Waals surface area contributed by atoms with Crippen LogP contribution in [0.4, 0.5) is 0 Å². The summed E-state index contributed by atoms with van der Waals surface area (Å²) < 4.78 is 0. The van der Waals surface area contributed by atoms with Gasteiger partial charge >= 0.3 is 0 Å². The molecule has 0 fully saturated rings. The fourth-order valence-corrected chi connectivity index (χ4v) is 2.43. The minimum absolute atomic E-state index is 0.257. The van der Waals surface area contributed by atoms with Crippen molar-refractivity contribution < 1.29 is 5.11 Å². The molecule has 0 atom stereocenters. The predicted molar refractivity (Wildman–Crippen MR) is 75.9 cm³/mol. The number of allylic oxidation sites excluding steroid dienone is 1. The molecule has 1 aromatic rings. The van der Waals surface area contributed by atoms with E-state index in [1.165, 1.54) is 16.8 Å². The lowest BCUT2D eigenvalue weighted by Crippen LogP contribution is -2.07. The molecule has 1 aromatic carbocycles. The van der Waals surface area contributed by atoms with E-state index in [1.807, 2.05) is 0 Å². The molecule has 0 aliphatic heterocycles. The first kappa shape index (κ1) is 12.4. The third-order valence-corrected chi connectivity index (χ3v) is 3.60. The highest BCUT2D eigenvalue weighted by molar-refractivity contribution is 7.99. The smallest absolute Gasteiger partial charge is 0.0521 e. The Labute approximate surface area is 106 Å². The van der Waals surface area contributed by atoms with Crippen molar-refractivity contribution in [3.63, 3.8) is 0 Å². The Hall–Kier alpha value is -1.06. The maximum absolute atomic E-state index is 8.68. The van der Waals surface area contributed by atoms with Crippen molar-refractivity contribution in [2.45, 2.75) is 6.42 Å². The van der Waals surface area contributed by atoms with Crippen molar-refractivity contribution in [1.82, 2.24) is 0 Å². The Morgan fingerprint density at radius 1 is 1.24 bits per heavy atom. The van der Waals surface area contributed by atoms with Gasteiger partial charge in [-0.2, -0.15) is 11.8 Å². The molecule has 0 aromatic heterocycles. The largest absolute Gasteiger partial charge is 0.396 e. The molecule has 1 N–H and O–H groups in total. The predicted octanol–water partition coefficient (Wildman–Crippen LogP) is 2.62. The summed E-state index contributed by atoms with van der Waals surface area (Å²) in [6.45, 7) is 1.09. The molecule has 17 heavy (non-hydrogen) atoms. The van der Waals surface area contributed by atoms with Crippen LogP contribution in [0.2, 0.25) is 0 Å². The summed E-state index contributed by atoms with van der Waals surface area (Å²) in [7, 11) is 0. The second kappa shape index (κ2) is 6.62. The molecule has 1 aliphatic rings. The molecule has 3 heteroatoms. The van der Waals surface area contributed by atoms with Gasteiger partial charge in [0.1, 0.15) is 0 Å². The maximum atomic E-state index is 8.68. The average molecular weight is 247 g/mol. The molecule has 1 aliphatic carbocycles. The number of thioether (sulfide) groups is 1. The minimum Gasteiger partial charge on any atom is -0.396 e. The van der Waals surface area contributed by atoms with Crippen LogP contribution in [0.3, 0.4) is 0 Å². The van der Waals surface area contributed by atoms with E-state index < -0.39 is 0 Å². The van der Waals surface area contributed by atoms with Crippen LogP contribution in [0.5, 0.6) is 0 Å². The van der Waals surface area contributed by atoms with E-state index in [0.717, 1.165) is 24.5 Å². The van der Waals surface area contributed by atoms with Gasteiger partial charge in [-0.15, -0.1) is 0 Å². The molecule has 90 valence electrons. The number of nitrogens with zero attached hydrogens (tertiary/aromatic N) is 1. The SMILES string of the molecule is OCCSCCN=C1CC=Cc2ccccc21. The lowest BCUT2D eigenvalue weighted by atomic mass is 9.96. The van der Waals surface area contributed by atoms with Crippen molar-refractivity contribution >= 4 is 23.5 Å². The summed E-state index contributed by atoms with van der Waals surface area (Å²) in [5, 5.41) is 8.68. The Morgan fingerprint density at radius 2 is 2.12 bits per heavy atom. The summed E-state index contributed by atoms with van der Waals surface area (Å²) in [5.41, 5.74) is 3.72. The van der Waals surface area contributed by atoms with E-state index in [0.29, 0.717) is 0 Å². The topological polar surface area (TPSA) is 32.6 Å². The van der Waals surface area contributed by atoms with Gasteiger partial charge in [0.15, 0.2) is 0 Å². The van der Waals surface area contributed by atoms with Gasteiger partial charge in [-0.25, -0.2) is 0 Å². The van der Waals surface area contributed by atoms with E-state index in [9.17, 15) is 0 Å². The number of aliphatic imine (C=N–C) groups is 1. The Kier molecular flexibility index (Phi) is 4.83. The average Bonchev–Trinajstić information content (AvgIpc) is 2.39. The van der Waals surface area contributed by atoms with Crippen molar-refractivity contribution in [3.05, 3.63) is 41.5 Å². The molecule has 0 heterocycles. The normalized spacial score (nSPS) is 16.2. The Bertz CT molecular complexity index is 426. The van der Waals surface area contributed by atoms with Crippen LogP contribution >= 0.6 is 11.8 Å². The zero-order valence-electron chi connectivity index (χ0n) is 9.80. The van der Waals surface area contributed by atoms with E-state index in [-0.39, 0.29) is 6.61 Å². The van der Waals surface area contributed by atoms with Crippen molar-refractivity contribution in [3.8, 4) is 0 Å². The lowest BCUT2D eigenvalue weighted by molar-refractivity contribution is 0.322. The molecule has 2 rings (SSSR count). The van der Waals surface area contributed by atoms with Crippen molar-refractivity contribution in [2.75, 3.05) is 24.7 Å². The molecular weight excluding hydrogens is 230 g/mol. The second-order valence-corrected chi connectivity index (χ2v) is 5.08. The maximum Gasteiger partial charge on any atom is 0.0521 e. The first-order valence-electron chi connectivity index (χ1n) is 5.89. The van der Waals surface area contributed by atoms with Crippen LogP contribution in [0.1, 0.15) is 17.5 Å². The molecule has 0 spiro atoms. The van der Waals surface area contributed by atoms with Crippen LogP contribution < -0.4 is 0 Å². The fraction of sp³-hybridized carbons (Fsp3) is 0.357. The van der Waals surface area contributed by atoms with Crippen LogP contribution in [0, 0.1) is 0 Å². The summed E-state index contributed by atoms with van der Waals surface area (Å²) in [5.74, 6) is 1.79. The summed E-state index contributed by atoms with van der Waals surface area (Å²) in [4.78, 5) is 4.66. The molecule has 0 saturated carbocycles. The van der Waals surface area contributed by atoms with Crippen molar-refractivity contribution in [2.24, 2.45) is 4.99 Å². The number of aliphatic hydroxyl groups excluding tert-OH is 1. The quantitative estimate of drug-likeness (QED) is 0.811. The molecule has 0 saturated heterocycles. The minimum atomic E-state index is 0.257. The van der Waals surface area contributed by atoms with E-state index in [2.05, 4.69) is 41.4 Å². The van der Waals surface area contributed by atoms with Crippen LogP contribution in [0.25, 0.3) is 6.08 Å². The standard InChI is InChI=1S/C14H17NOS/c16-9-11-17-10-8-15-14-7-3-5-12-4-1-2-6-13(12)14/h1-6,16H,7-11H2. The van der Waals surface area contributed by atoms with Crippen LogP contribution in [-0.2, 0) is 0 Å². The number of fused-ring (bicyclic) bond motifs is 1. The van der Waals surface area contributed by atoms with Gasteiger partial charge in [-0.1, -0.05) is 36.4 Å². The molecule has 0 amide bonds. The number of benzene rings is 1. The number of hydrogen-bond acceptors (Lipinski definition) is 3. The Morgan fingerprint density at radius 3 is 3.00 bits per heavy atom. The van der Waals surface area contributed by atoms with E-state index in [1.54, 1.807) is 11.8 Å². The van der Waals surface area contributed by atoms with Crippen LogP contribution in [-0.4, -0.2) is 35.5 Å². The van der Waals surface area contributed by atoms with Gasteiger partial charge in [0, 0.05) is 35.7 Å². The Balaban J connectivity index is 1.98. The molecule has 0 radical (unpaired) electrons. The third-order valence-electron chi connectivity index (χ3n) is 2.65. The summed E-state index contributed by atoms with van der Waals surface area (Å²) in [6, 6.07) is 8.39. The lowest BCUT2D eigenvalue weighted by Gasteiger charge is -2.12. The first-order valence-corrected chi connectivity index (χ1v) is 7.05. The molecule has 0 unspecified atom stereocenters. The molecular formula is C14H17NOS. The number of rotatable bonds is 5. The van der Waals surface area contributed by atoms with Gasteiger partial charge in [0.05, 0.1) is 6.61 Å². The van der Waals surface area contributed by atoms with Crippen LogP contribution in [0.15, 0.2) is 35.3 Å². The first-order chi connectivity index (χ1) is 8.42. The third kappa shape index (κ3) is 3.45. The van der Waals surface area contributed by atoms with E-state index >= 15 is 0 Å².